The molecule has 0 fully saturated rings. The van der Waals surface area contributed by atoms with Crippen LogP contribution in [0.15, 0.2) is 0 Å². The minimum absolute atomic E-state index is 0.516. The molecule has 0 aromatic rings. The van der Waals surface area contributed by atoms with Gasteiger partial charge < -0.3 is 17.7 Å². The van der Waals surface area contributed by atoms with Crippen LogP contribution in [-0.2, 0) is 17.7 Å². The molecule has 4 nitrogen and oxygen atoms in total. The maximum atomic E-state index is 6.32. The van der Waals surface area contributed by atoms with Gasteiger partial charge in [0.2, 0.25) is 0 Å². The lowest BCUT2D eigenvalue weighted by molar-refractivity contribution is 0.133. The van der Waals surface area contributed by atoms with E-state index in [-0.39, 0.29) is 0 Å². The molecule has 0 atom stereocenters. The van der Waals surface area contributed by atoms with E-state index < -0.39 is 17.1 Å². The van der Waals surface area contributed by atoms with E-state index in [0.717, 1.165) is 38.5 Å². The molecule has 26 heavy (non-hydrogen) atoms. The van der Waals surface area contributed by atoms with Gasteiger partial charge in [-0.15, -0.1) is 0 Å². The van der Waals surface area contributed by atoms with Gasteiger partial charge in [-0.2, -0.15) is 0 Å². The first-order valence-electron chi connectivity index (χ1n) is 10.4. The molecule has 0 N–H and O–H groups in total. The number of rotatable bonds is 15. The smallest absolute Gasteiger partial charge is 0.334 e. The predicted octanol–water partition coefficient (Wildman–Crippen LogP) is 5.82. The maximum Gasteiger partial charge on any atom is 0.334 e. The van der Waals surface area contributed by atoms with Gasteiger partial charge in [0.1, 0.15) is 0 Å². The second kappa shape index (κ2) is 12.7. The average molecular weight is 407 g/mol. The van der Waals surface area contributed by atoms with Crippen LogP contribution in [0.4, 0.5) is 0 Å². The summed E-state index contributed by atoms with van der Waals surface area (Å²) in [6, 6.07) is 1.87. The standard InChI is InChI=1S/C20H46O4Si2/c1-17(2)13-21-25(9,22-14-18(3)4)11-12-26(10,23-15-19(5)6)24-16-20(7)8/h17-20H,11-16H2,1-10H3. The van der Waals surface area contributed by atoms with Crippen LogP contribution in [0, 0.1) is 23.7 Å². The van der Waals surface area contributed by atoms with E-state index >= 15 is 0 Å². The van der Waals surface area contributed by atoms with Crippen molar-refractivity contribution >= 4 is 17.1 Å². The third kappa shape index (κ3) is 13.4. The monoisotopic (exact) mass is 406 g/mol. The topological polar surface area (TPSA) is 36.9 Å². The van der Waals surface area contributed by atoms with E-state index in [1.165, 1.54) is 0 Å². The van der Waals surface area contributed by atoms with E-state index in [9.17, 15) is 0 Å². The Morgan fingerprint density at radius 2 is 0.654 bits per heavy atom. The van der Waals surface area contributed by atoms with Crippen molar-refractivity contribution in [2.45, 2.75) is 80.6 Å². The minimum atomic E-state index is -2.22. The van der Waals surface area contributed by atoms with Gasteiger partial charge in [-0.1, -0.05) is 55.4 Å². The van der Waals surface area contributed by atoms with Gasteiger partial charge in [-0.3, -0.25) is 0 Å². The van der Waals surface area contributed by atoms with Crippen LogP contribution in [0.5, 0.6) is 0 Å². The summed E-state index contributed by atoms with van der Waals surface area (Å²) in [6.45, 7) is 25.0. The lowest BCUT2D eigenvalue weighted by atomic mass is 10.2. The second-order valence-electron chi connectivity index (χ2n) is 9.59. The van der Waals surface area contributed by atoms with Crippen molar-refractivity contribution in [1.82, 2.24) is 0 Å². The van der Waals surface area contributed by atoms with Gasteiger partial charge in [0.25, 0.3) is 0 Å². The molecule has 0 spiro atoms. The van der Waals surface area contributed by atoms with E-state index in [4.69, 9.17) is 17.7 Å². The molecule has 0 unspecified atom stereocenters. The highest BCUT2D eigenvalue weighted by molar-refractivity contribution is 6.71. The molecule has 0 aliphatic carbocycles. The molecule has 0 aliphatic heterocycles. The SMILES string of the molecule is CC(C)CO[Si](C)(CC[Si](C)(OCC(C)C)OCC(C)C)OCC(C)C. The molecule has 0 aromatic heterocycles. The Bertz CT molecular complexity index is 302. The molecule has 0 saturated heterocycles. The van der Waals surface area contributed by atoms with Crippen molar-refractivity contribution in [3.05, 3.63) is 0 Å². The summed E-state index contributed by atoms with van der Waals surface area (Å²) in [5, 5.41) is 0. The van der Waals surface area contributed by atoms with Crippen molar-refractivity contribution < 1.29 is 17.7 Å². The molecule has 0 aromatic carbocycles. The molecular formula is C20H46O4Si2. The highest BCUT2D eigenvalue weighted by Gasteiger charge is 2.39. The van der Waals surface area contributed by atoms with Crippen molar-refractivity contribution in [3.8, 4) is 0 Å². The highest BCUT2D eigenvalue weighted by Crippen LogP contribution is 2.26. The van der Waals surface area contributed by atoms with E-state index in [0.29, 0.717) is 23.7 Å². The zero-order chi connectivity index (χ0) is 20.4. The third-order valence-corrected chi connectivity index (χ3v) is 9.85. The molecule has 0 aliphatic rings. The normalized spacial score (nSPS) is 13.6. The first kappa shape index (κ1) is 26.3. The van der Waals surface area contributed by atoms with E-state index in [2.05, 4.69) is 68.5 Å². The Kier molecular flexibility index (Phi) is 12.8. The van der Waals surface area contributed by atoms with Gasteiger partial charge in [0.05, 0.1) is 0 Å². The summed E-state index contributed by atoms with van der Waals surface area (Å²) >= 11 is 0. The predicted molar refractivity (Wildman–Crippen MR) is 116 cm³/mol. The molecule has 0 amide bonds. The first-order valence-corrected chi connectivity index (χ1v) is 15.5. The summed E-state index contributed by atoms with van der Waals surface area (Å²) in [6.07, 6.45) is 0. The van der Waals surface area contributed by atoms with Crippen LogP contribution in [0.1, 0.15) is 55.4 Å². The zero-order valence-electron chi connectivity index (χ0n) is 19.2. The fourth-order valence-electron chi connectivity index (χ4n) is 2.20. The van der Waals surface area contributed by atoms with Crippen LogP contribution in [0.3, 0.4) is 0 Å². The molecule has 6 heteroatoms. The lowest BCUT2D eigenvalue weighted by Gasteiger charge is -2.33. The molecule has 0 bridgehead atoms. The third-order valence-electron chi connectivity index (χ3n) is 3.92. The molecule has 158 valence electrons. The van der Waals surface area contributed by atoms with Gasteiger partial charge in [0.15, 0.2) is 0 Å². The van der Waals surface area contributed by atoms with Crippen LogP contribution >= 0.6 is 0 Å². The number of hydrogen-bond donors (Lipinski definition) is 0. The molecule has 0 saturated carbocycles. The van der Waals surface area contributed by atoms with Crippen molar-refractivity contribution in [2.24, 2.45) is 23.7 Å². The largest absolute Gasteiger partial charge is 0.394 e. The van der Waals surface area contributed by atoms with Gasteiger partial charge >= 0.3 is 17.1 Å². The Labute approximate surface area is 165 Å². The van der Waals surface area contributed by atoms with Gasteiger partial charge in [0, 0.05) is 26.4 Å². The van der Waals surface area contributed by atoms with Crippen molar-refractivity contribution in [1.29, 1.82) is 0 Å². The fraction of sp³-hybridized carbons (Fsp3) is 1.00. The van der Waals surface area contributed by atoms with Crippen molar-refractivity contribution in [3.63, 3.8) is 0 Å². The van der Waals surface area contributed by atoms with Crippen LogP contribution in [0.25, 0.3) is 0 Å². The Morgan fingerprint density at radius 1 is 0.462 bits per heavy atom. The van der Waals surface area contributed by atoms with E-state index in [1.54, 1.807) is 0 Å². The van der Waals surface area contributed by atoms with Gasteiger partial charge in [-0.25, -0.2) is 0 Å². The average Bonchev–Trinajstić information content (AvgIpc) is 2.53. The summed E-state index contributed by atoms with van der Waals surface area (Å²) < 4.78 is 25.3. The molecule has 0 heterocycles. The van der Waals surface area contributed by atoms with E-state index in [1.807, 2.05) is 0 Å². The molecular weight excluding hydrogens is 360 g/mol. The minimum Gasteiger partial charge on any atom is -0.394 e. The van der Waals surface area contributed by atoms with Gasteiger partial charge in [-0.05, 0) is 48.9 Å². The first-order chi connectivity index (χ1) is 11.9. The summed E-state index contributed by atoms with van der Waals surface area (Å²) in [5.41, 5.74) is 0. The summed E-state index contributed by atoms with van der Waals surface area (Å²) in [5.74, 6) is 2.06. The zero-order valence-corrected chi connectivity index (χ0v) is 21.2. The molecule has 0 radical (unpaired) electrons. The van der Waals surface area contributed by atoms with Crippen LogP contribution < -0.4 is 0 Å². The molecule has 0 rings (SSSR count). The lowest BCUT2D eigenvalue weighted by Crippen LogP contribution is -2.46. The fourth-order valence-corrected chi connectivity index (χ4v) is 9.32. The van der Waals surface area contributed by atoms with Crippen molar-refractivity contribution in [2.75, 3.05) is 26.4 Å². The Morgan fingerprint density at radius 3 is 0.808 bits per heavy atom. The quantitative estimate of drug-likeness (QED) is 0.321. The maximum absolute atomic E-state index is 6.32. The number of hydrogen-bond acceptors (Lipinski definition) is 4. The Hall–Kier alpha value is 0.274. The Balaban J connectivity index is 4.96. The second-order valence-corrected chi connectivity index (χ2v) is 16.3. The van der Waals surface area contributed by atoms with Crippen LogP contribution in [0.2, 0.25) is 25.2 Å². The summed E-state index contributed by atoms with van der Waals surface area (Å²) in [7, 11) is -4.44. The van der Waals surface area contributed by atoms with Crippen LogP contribution in [-0.4, -0.2) is 43.5 Å². The highest BCUT2D eigenvalue weighted by atomic mass is 28.4. The summed E-state index contributed by atoms with van der Waals surface area (Å²) in [4.78, 5) is 0.